The first-order chi connectivity index (χ1) is 9.13. The predicted octanol–water partition coefficient (Wildman–Crippen LogP) is 1.94. The van der Waals surface area contributed by atoms with Crippen molar-refractivity contribution in [2.24, 2.45) is 0 Å². The van der Waals surface area contributed by atoms with Crippen LogP contribution in [-0.4, -0.2) is 26.1 Å². The Kier molecular flexibility index (Phi) is 3.06. The van der Waals surface area contributed by atoms with E-state index in [9.17, 15) is 4.79 Å². The highest BCUT2D eigenvalue weighted by atomic mass is 32.1. The molecular formula is C12H15N5OS. The molecule has 1 unspecified atom stereocenters. The molecule has 19 heavy (non-hydrogen) atoms. The van der Waals surface area contributed by atoms with E-state index in [0.717, 1.165) is 29.4 Å². The van der Waals surface area contributed by atoms with Crippen molar-refractivity contribution in [3.05, 3.63) is 27.7 Å². The molecule has 6 nitrogen and oxygen atoms in total. The van der Waals surface area contributed by atoms with Crippen molar-refractivity contribution in [1.29, 1.82) is 0 Å². The topological polar surface area (TPSA) is 83.6 Å². The fourth-order valence-corrected chi connectivity index (χ4v) is 2.61. The second-order valence-corrected chi connectivity index (χ2v) is 5.73. The van der Waals surface area contributed by atoms with Crippen LogP contribution in [0.25, 0.3) is 0 Å². The van der Waals surface area contributed by atoms with E-state index in [1.807, 2.05) is 19.2 Å². The van der Waals surface area contributed by atoms with Crippen LogP contribution >= 0.6 is 11.3 Å². The number of hydrogen-bond donors (Lipinski definition) is 2. The van der Waals surface area contributed by atoms with Crippen LogP contribution in [0.4, 0.5) is 0 Å². The lowest BCUT2D eigenvalue weighted by Crippen LogP contribution is -2.27. The highest BCUT2D eigenvalue weighted by molar-refractivity contribution is 7.09. The van der Waals surface area contributed by atoms with Crippen LogP contribution in [-0.2, 0) is 0 Å². The zero-order chi connectivity index (χ0) is 13.4. The lowest BCUT2D eigenvalue weighted by molar-refractivity contribution is 0.0929. The monoisotopic (exact) mass is 277 g/mol. The van der Waals surface area contributed by atoms with Gasteiger partial charge < -0.3 is 5.32 Å². The summed E-state index contributed by atoms with van der Waals surface area (Å²) in [6.45, 7) is 3.84. The third kappa shape index (κ3) is 2.65. The molecule has 1 fully saturated rings. The molecule has 1 amide bonds. The summed E-state index contributed by atoms with van der Waals surface area (Å²) in [6, 6.07) is -0.130. The molecule has 1 aliphatic carbocycles. The van der Waals surface area contributed by atoms with Crippen LogP contribution in [0.5, 0.6) is 0 Å². The van der Waals surface area contributed by atoms with Gasteiger partial charge in [-0.3, -0.25) is 9.89 Å². The zero-order valence-corrected chi connectivity index (χ0v) is 11.6. The average molecular weight is 277 g/mol. The van der Waals surface area contributed by atoms with E-state index >= 15 is 0 Å². The first kappa shape index (κ1) is 12.3. The van der Waals surface area contributed by atoms with Crippen molar-refractivity contribution in [3.8, 4) is 0 Å². The maximum Gasteiger partial charge on any atom is 0.291 e. The summed E-state index contributed by atoms with van der Waals surface area (Å²) in [4.78, 5) is 20.6. The Bertz CT molecular complexity index is 601. The first-order valence-electron chi connectivity index (χ1n) is 6.28. The van der Waals surface area contributed by atoms with Gasteiger partial charge in [0.25, 0.3) is 5.91 Å². The Hall–Kier alpha value is -1.76. The van der Waals surface area contributed by atoms with Crippen molar-refractivity contribution in [2.45, 2.75) is 38.6 Å². The smallest absolute Gasteiger partial charge is 0.291 e. The Labute approximate surface area is 114 Å². The normalized spacial score (nSPS) is 16.3. The third-order valence-electron chi connectivity index (χ3n) is 3.02. The molecule has 3 rings (SSSR count). The van der Waals surface area contributed by atoms with E-state index in [-0.39, 0.29) is 17.8 Å². The van der Waals surface area contributed by atoms with Gasteiger partial charge in [0.15, 0.2) is 0 Å². The standard InChI is InChI=1S/C12H15N5OS/c1-6-5-19-12(13-6)7(2)14-11(18)10-15-9(16-17-10)8-3-4-8/h5,7-8H,3-4H2,1-2H3,(H,14,18)(H,15,16,17). The molecule has 7 heteroatoms. The minimum atomic E-state index is -0.261. The third-order valence-corrected chi connectivity index (χ3v) is 4.17. The van der Waals surface area contributed by atoms with Gasteiger partial charge in [-0.15, -0.1) is 16.4 Å². The number of amides is 1. The average Bonchev–Trinajstić information content (AvgIpc) is 2.94. The summed E-state index contributed by atoms with van der Waals surface area (Å²) in [7, 11) is 0. The lowest BCUT2D eigenvalue weighted by atomic mass is 10.3. The van der Waals surface area contributed by atoms with Crippen molar-refractivity contribution < 1.29 is 4.79 Å². The number of aromatic nitrogens is 4. The predicted molar refractivity (Wildman–Crippen MR) is 71.1 cm³/mol. The molecular weight excluding hydrogens is 262 g/mol. The molecule has 0 radical (unpaired) electrons. The number of carbonyl (C=O) groups is 1. The molecule has 0 aliphatic heterocycles. The Morgan fingerprint density at radius 2 is 2.32 bits per heavy atom. The van der Waals surface area contributed by atoms with Crippen LogP contribution in [0.3, 0.4) is 0 Å². The molecule has 2 aromatic heterocycles. The van der Waals surface area contributed by atoms with Crippen molar-refractivity contribution >= 4 is 17.2 Å². The number of hydrogen-bond acceptors (Lipinski definition) is 5. The van der Waals surface area contributed by atoms with Crippen molar-refractivity contribution in [1.82, 2.24) is 25.5 Å². The molecule has 0 saturated heterocycles. The maximum absolute atomic E-state index is 12.0. The second-order valence-electron chi connectivity index (χ2n) is 4.84. The van der Waals surface area contributed by atoms with E-state index in [1.165, 1.54) is 0 Å². The number of carbonyl (C=O) groups excluding carboxylic acids is 1. The summed E-state index contributed by atoms with van der Waals surface area (Å²) >= 11 is 1.54. The van der Waals surface area contributed by atoms with E-state index in [2.05, 4.69) is 25.5 Å². The van der Waals surface area contributed by atoms with Crippen LogP contribution in [0.1, 0.15) is 58.9 Å². The SMILES string of the molecule is Cc1csc(C(C)NC(=O)c2n[nH]c(C3CC3)n2)n1. The van der Waals surface area contributed by atoms with Gasteiger partial charge in [0.05, 0.1) is 6.04 Å². The first-order valence-corrected chi connectivity index (χ1v) is 7.16. The summed E-state index contributed by atoms with van der Waals surface area (Å²) in [5.74, 6) is 1.24. The highest BCUT2D eigenvalue weighted by Gasteiger charge is 2.28. The van der Waals surface area contributed by atoms with Crippen LogP contribution < -0.4 is 5.32 Å². The number of aryl methyl sites for hydroxylation is 1. The molecule has 2 aromatic rings. The summed E-state index contributed by atoms with van der Waals surface area (Å²) in [5.41, 5.74) is 0.968. The lowest BCUT2D eigenvalue weighted by Gasteiger charge is -2.08. The molecule has 2 heterocycles. The van der Waals surface area contributed by atoms with Gasteiger partial charge >= 0.3 is 0 Å². The van der Waals surface area contributed by atoms with Gasteiger partial charge in [0.2, 0.25) is 5.82 Å². The largest absolute Gasteiger partial charge is 0.340 e. The van der Waals surface area contributed by atoms with E-state index in [0.29, 0.717) is 5.92 Å². The number of rotatable bonds is 4. The quantitative estimate of drug-likeness (QED) is 0.894. The Morgan fingerprint density at radius 3 is 2.95 bits per heavy atom. The van der Waals surface area contributed by atoms with Crippen LogP contribution in [0.15, 0.2) is 5.38 Å². The van der Waals surface area contributed by atoms with E-state index in [1.54, 1.807) is 11.3 Å². The van der Waals surface area contributed by atoms with Gasteiger partial charge in [-0.05, 0) is 26.7 Å². The van der Waals surface area contributed by atoms with Crippen LogP contribution in [0, 0.1) is 6.92 Å². The van der Waals surface area contributed by atoms with Crippen molar-refractivity contribution in [3.63, 3.8) is 0 Å². The van der Waals surface area contributed by atoms with Gasteiger partial charge in [-0.2, -0.15) is 0 Å². The second kappa shape index (κ2) is 4.73. The van der Waals surface area contributed by atoms with E-state index in [4.69, 9.17) is 0 Å². The molecule has 2 N–H and O–H groups in total. The number of H-pyrrole nitrogens is 1. The molecule has 1 saturated carbocycles. The van der Waals surface area contributed by atoms with Crippen molar-refractivity contribution in [2.75, 3.05) is 0 Å². The summed E-state index contributed by atoms with van der Waals surface area (Å²) in [5, 5.41) is 12.5. The van der Waals surface area contributed by atoms with Crippen LogP contribution in [0.2, 0.25) is 0 Å². The maximum atomic E-state index is 12.0. The van der Waals surface area contributed by atoms with Gasteiger partial charge in [0.1, 0.15) is 10.8 Å². The minimum Gasteiger partial charge on any atom is -0.340 e. The molecule has 0 aromatic carbocycles. The van der Waals surface area contributed by atoms with Gasteiger partial charge in [-0.25, -0.2) is 9.97 Å². The number of aromatic amines is 1. The zero-order valence-electron chi connectivity index (χ0n) is 10.8. The molecule has 0 spiro atoms. The minimum absolute atomic E-state index is 0.130. The molecule has 1 aliphatic rings. The summed E-state index contributed by atoms with van der Waals surface area (Å²) in [6.07, 6.45) is 2.26. The molecule has 100 valence electrons. The molecule has 0 bridgehead atoms. The Morgan fingerprint density at radius 1 is 1.53 bits per heavy atom. The number of thiazole rings is 1. The molecule has 1 atom stereocenters. The van der Waals surface area contributed by atoms with Gasteiger partial charge in [0, 0.05) is 17.0 Å². The number of nitrogens with one attached hydrogen (secondary N) is 2. The van der Waals surface area contributed by atoms with E-state index < -0.39 is 0 Å². The highest BCUT2D eigenvalue weighted by Crippen LogP contribution is 2.37. The Balaban J connectivity index is 1.66. The fraction of sp³-hybridized carbons (Fsp3) is 0.500. The fourth-order valence-electron chi connectivity index (χ4n) is 1.81. The van der Waals surface area contributed by atoms with Gasteiger partial charge in [-0.1, -0.05) is 0 Å². The number of nitrogens with zero attached hydrogens (tertiary/aromatic N) is 3. The summed E-state index contributed by atoms with van der Waals surface area (Å²) < 4.78 is 0.